The van der Waals surface area contributed by atoms with Gasteiger partial charge in [-0.25, -0.2) is 0 Å². The van der Waals surface area contributed by atoms with E-state index in [-0.39, 0.29) is 40.0 Å². The monoisotopic (exact) mass is 690 g/mol. The number of hydrogen-bond donors (Lipinski definition) is 0. The SMILES string of the molecule is CC(=O)O[C@H]1CC[C@](C)(C2CC[C@@]3(C)C(CCC34OCCO4)[C@@H]2CCO[Si](c2ccccc2)(c2ccccc2)C(C)(C)C)[C@@H](OC(C)=O)C1. The molecule has 2 aromatic carbocycles. The summed E-state index contributed by atoms with van der Waals surface area (Å²) >= 11 is 0. The van der Waals surface area contributed by atoms with E-state index in [1.54, 1.807) is 0 Å². The molecule has 4 fully saturated rings. The lowest BCUT2D eigenvalue weighted by Gasteiger charge is -2.57. The van der Waals surface area contributed by atoms with E-state index in [4.69, 9.17) is 23.4 Å². The molecule has 0 bridgehead atoms. The molecule has 7 nitrogen and oxygen atoms in total. The summed E-state index contributed by atoms with van der Waals surface area (Å²) in [6, 6.07) is 21.8. The van der Waals surface area contributed by atoms with Crippen LogP contribution >= 0.6 is 0 Å². The van der Waals surface area contributed by atoms with Crippen molar-refractivity contribution in [3.8, 4) is 0 Å². The molecule has 1 heterocycles. The van der Waals surface area contributed by atoms with Gasteiger partial charge in [0.1, 0.15) is 12.2 Å². The summed E-state index contributed by atoms with van der Waals surface area (Å²) in [5.41, 5.74) is -0.372. The van der Waals surface area contributed by atoms with Crippen molar-refractivity contribution in [2.75, 3.05) is 19.8 Å². The second-order valence-electron chi connectivity index (χ2n) is 16.7. The molecule has 6 rings (SSSR count). The number of esters is 2. The maximum atomic E-state index is 12.6. The van der Waals surface area contributed by atoms with Crippen LogP contribution < -0.4 is 10.4 Å². The molecular weight excluding hydrogens is 633 g/mol. The molecule has 0 N–H and O–H groups in total. The Morgan fingerprint density at radius 1 is 0.796 bits per heavy atom. The van der Waals surface area contributed by atoms with Crippen molar-refractivity contribution >= 4 is 30.6 Å². The van der Waals surface area contributed by atoms with E-state index < -0.39 is 14.1 Å². The maximum Gasteiger partial charge on any atom is 0.302 e. The fraction of sp³-hybridized carbons (Fsp3) is 0.659. The molecule has 3 saturated carbocycles. The normalized spacial score (nSPS) is 32.8. The zero-order chi connectivity index (χ0) is 35.1. The molecule has 0 aromatic heterocycles. The van der Waals surface area contributed by atoms with E-state index in [1.807, 2.05) is 0 Å². The van der Waals surface area contributed by atoms with Gasteiger partial charge in [0.05, 0.1) is 13.2 Å². The third-order valence-corrected chi connectivity index (χ3v) is 18.2. The minimum atomic E-state index is -2.73. The molecule has 1 aliphatic heterocycles. The van der Waals surface area contributed by atoms with E-state index in [1.165, 1.54) is 24.2 Å². The Morgan fingerprint density at radius 3 is 1.92 bits per heavy atom. The van der Waals surface area contributed by atoms with Crippen LogP contribution in [-0.4, -0.2) is 58.1 Å². The number of fused-ring (bicyclic) bond motifs is 2. The second kappa shape index (κ2) is 13.9. The van der Waals surface area contributed by atoms with Crippen LogP contribution in [-0.2, 0) is 33.0 Å². The molecule has 1 saturated heterocycles. The van der Waals surface area contributed by atoms with Gasteiger partial charge in [-0.2, -0.15) is 0 Å². The molecule has 49 heavy (non-hydrogen) atoms. The van der Waals surface area contributed by atoms with E-state index in [2.05, 4.69) is 95.3 Å². The van der Waals surface area contributed by atoms with Crippen molar-refractivity contribution < 1.29 is 33.0 Å². The lowest BCUT2D eigenvalue weighted by atomic mass is 9.50. The minimum absolute atomic E-state index is 0.107. The maximum absolute atomic E-state index is 12.6. The summed E-state index contributed by atoms with van der Waals surface area (Å²) in [6.07, 6.45) is 6.43. The molecule has 0 radical (unpaired) electrons. The van der Waals surface area contributed by atoms with Crippen LogP contribution in [0.15, 0.2) is 60.7 Å². The molecule has 2 unspecified atom stereocenters. The van der Waals surface area contributed by atoms with Crippen molar-refractivity contribution in [1.29, 1.82) is 0 Å². The van der Waals surface area contributed by atoms with Crippen molar-refractivity contribution in [2.45, 2.75) is 123 Å². The van der Waals surface area contributed by atoms with Gasteiger partial charge in [0.25, 0.3) is 8.32 Å². The first kappa shape index (κ1) is 36.3. The molecule has 7 atom stereocenters. The van der Waals surface area contributed by atoms with Crippen molar-refractivity contribution in [3.63, 3.8) is 0 Å². The Labute approximate surface area is 294 Å². The summed E-state index contributed by atoms with van der Waals surface area (Å²) in [7, 11) is -2.73. The molecule has 2 aromatic rings. The van der Waals surface area contributed by atoms with Crippen LogP contribution in [0.1, 0.15) is 99.8 Å². The molecule has 268 valence electrons. The molecule has 0 amide bonds. The minimum Gasteiger partial charge on any atom is -0.462 e. The number of hydrogen-bond acceptors (Lipinski definition) is 7. The number of carbonyl (C=O) groups is 2. The van der Waals surface area contributed by atoms with Gasteiger partial charge < -0.3 is 23.4 Å². The molecule has 3 aliphatic carbocycles. The first-order valence-corrected chi connectivity index (χ1v) is 20.5. The lowest BCUT2D eigenvalue weighted by Crippen LogP contribution is -2.66. The summed E-state index contributed by atoms with van der Waals surface area (Å²) < 4.78 is 32.4. The smallest absolute Gasteiger partial charge is 0.302 e. The number of carbonyl (C=O) groups excluding carboxylic acids is 2. The van der Waals surface area contributed by atoms with Crippen LogP contribution in [0.3, 0.4) is 0 Å². The van der Waals surface area contributed by atoms with Crippen LogP contribution in [0, 0.1) is 28.6 Å². The highest BCUT2D eigenvalue weighted by atomic mass is 28.4. The van der Waals surface area contributed by atoms with E-state index in [9.17, 15) is 9.59 Å². The largest absolute Gasteiger partial charge is 0.462 e. The first-order valence-electron chi connectivity index (χ1n) is 18.6. The fourth-order valence-electron chi connectivity index (χ4n) is 10.9. The van der Waals surface area contributed by atoms with Gasteiger partial charge in [-0.1, -0.05) is 95.3 Å². The highest BCUT2D eigenvalue weighted by molar-refractivity contribution is 6.99. The summed E-state index contributed by atoms with van der Waals surface area (Å²) in [5, 5.41) is 2.47. The summed E-state index contributed by atoms with van der Waals surface area (Å²) in [6.45, 7) is 16.6. The average Bonchev–Trinajstić information content (AvgIpc) is 3.66. The van der Waals surface area contributed by atoms with Crippen LogP contribution in [0.5, 0.6) is 0 Å². The standard InChI is InChI=1S/C41H58O7Si/c1-29(42)47-31-18-22-39(6,37(28-31)48-30(2)43)35-19-23-40(7)36(20-24-41(40)44-26-27-45-41)34(35)21-25-46-49(38(3,4)5,32-14-10-8-11-15-32)33-16-12-9-13-17-33/h8-17,31,34-37H,18-28H2,1-7H3/t31-,34+,35?,36?,37-,39+,40-/m0/s1. The van der Waals surface area contributed by atoms with Crippen molar-refractivity contribution in [3.05, 3.63) is 60.7 Å². The van der Waals surface area contributed by atoms with E-state index in [0.717, 1.165) is 44.9 Å². The summed E-state index contributed by atoms with van der Waals surface area (Å²) in [5.74, 6) is -0.0875. The van der Waals surface area contributed by atoms with Crippen molar-refractivity contribution in [2.24, 2.45) is 28.6 Å². The first-order chi connectivity index (χ1) is 23.3. The van der Waals surface area contributed by atoms with Gasteiger partial charge in [0, 0.05) is 44.1 Å². The average molecular weight is 691 g/mol. The van der Waals surface area contributed by atoms with Gasteiger partial charge >= 0.3 is 11.9 Å². The Kier molecular flexibility index (Phi) is 10.3. The van der Waals surface area contributed by atoms with Gasteiger partial charge in [0.15, 0.2) is 5.79 Å². The lowest BCUT2D eigenvalue weighted by molar-refractivity contribution is -0.246. The Balaban J connectivity index is 1.36. The topological polar surface area (TPSA) is 80.3 Å². The zero-order valence-electron chi connectivity index (χ0n) is 30.8. The van der Waals surface area contributed by atoms with Crippen LogP contribution in [0.25, 0.3) is 0 Å². The fourth-order valence-corrected chi connectivity index (χ4v) is 15.5. The highest BCUT2D eigenvalue weighted by Gasteiger charge is 2.67. The molecule has 4 aliphatic rings. The quantitative estimate of drug-likeness (QED) is 0.204. The zero-order valence-corrected chi connectivity index (χ0v) is 31.8. The Morgan fingerprint density at radius 2 is 1.37 bits per heavy atom. The van der Waals surface area contributed by atoms with Gasteiger partial charge in [0.2, 0.25) is 0 Å². The number of rotatable bonds is 9. The predicted octanol–water partition coefficient (Wildman–Crippen LogP) is 7.19. The Hall–Kier alpha value is -2.52. The van der Waals surface area contributed by atoms with Gasteiger partial charge in [-0.15, -0.1) is 0 Å². The van der Waals surface area contributed by atoms with Gasteiger partial charge in [-0.05, 0) is 71.7 Å². The second-order valence-corrected chi connectivity index (χ2v) is 21.0. The third kappa shape index (κ3) is 6.45. The van der Waals surface area contributed by atoms with Crippen LogP contribution in [0.4, 0.5) is 0 Å². The highest BCUT2D eigenvalue weighted by Crippen LogP contribution is 2.67. The van der Waals surface area contributed by atoms with E-state index in [0.29, 0.717) is 44.0 Å². The van der Waals surface area contributed by atoms with Gasteiger partial charge in [-0.3, -0.25) is 9.59 Å². The third-order valence-electron chi connectivity index (χ3n) is 13.1. The van der Waals surface area contributed by atoms with Crippen LogP contribution in [0.2, 0.25) is 5.04 Å². The molecule has 8 heteroatoms. The predicted molar refractivity (Wildman–Crippen MR) is 193 cm³/mol. The summed E-state index contributed by atoms with van der Waals surface area (Å²) in [4.78, 5) is 24.5. The molecular formula is C41H58O7Si. The number of benzene rings is 2. The number of ether oxygens (including phenoxy) is 4. The van der Waals surface area contributed by atoms with E-state index >= 15 is 0 Å². The molecule has 1 spiro atoms. The Bertz CT molecular complexity index is 1410. The van der Waals surface area contributed by atoms with Crippen molar-refractivity contribution in [1.82, 2.24) is 0 Å².